The maximum Gasteiger partial charge on any atom is 0.308 e. The van der Waals surface area contributed by atoms with Gasteiger partial charge in [0.1, 0.15) is 0 Å². The minimum atomic E-state index is -0.889. The zero-order valence-corrected chi connectivity index (χ0v) is 12.9. The first kappa shape index (κ1) is 15.7. The first-order valence-corrected chi connectivity index (χ1v) is 6.82. The van der Waals surface area contributed by atoms with E-state index >= 15 is 0 Å². The number of halogens is 1. The molecular formula is C14H18BrNO3. The van der Waals surface area contributed by atoms with Gasteiger partial charge in [-0.05, 0) is 30.2 Å². The van der Waals surface area contributed by atoms with Gasteiger partial charge in [-0.25, -0.2) is 0 Å². The van der Waals surface area contributed by atoms with Crippen molar-refractivity contribution in [3.8, 4) is 0 Å². The fraction of sp³-hybridized carbons (Fsp3) is 0.429. The van der Waals surface area contributed by atoms with Gasteiger partial charge in [-0.3, -0.25) is 9.59 Å². The van der Waals surface area contributed by atoms with E-state index < -0.39 is 11.9 Å². The molecule has 1 aromatic rings. The number of nitrogens with zero attached hydrogens (tertiary/aromatic N) is 1. The van der Waals surface area contributed by atoms with E-state index in [-0.39, 0.29) is 12.5 Å². The van der Waals surface area contributed by atoms with Gasteiger partial charge in [-0.1, -0.05) is 28.9 Å². The largest absolute Gasteiger partial charge is 0.481 e. The molecule has 0 bridgehead atoms. The van der Waals surface area contributed by atoms with E-state index in [9.17, 15) is 9.59 Å². The van der Waals surface area contributed by atoms with Crippen molar-refractivity contribution in [3.05, 3.63) is 33.8 Å². The number of carboxylic acid groups (broad SMARTS) is 1. The van der Waals surface area contributed by atoms with Crippen LogP contribution in [-0.4, -0.2) is 35.5 Å². The number of carboxylic acids is 1. The Bertz CT molecular complexity index is 488. The Morgan fingerprint density at radius 3 is 2.58 bits per heavy atom. The number of aliphatic carboxylic acids is 1. The zero-order valence-electron chi connectivity index (χ0n) is 11.3. The van der Waals surface area contributed by atoms with Crippen molar-refractivity contribution >= 4 is 27.8 Å². The van der Waals surface area contributed by atoms with Crippen LogP contribution in [0.2, 0.25) is 0 Å². The maximum atomic E-state index is 12.0. The molecule has 0 saturated carbocycles. The second-order valence-corrected chi connectivity index (χ2v) is 5.68. The normalized spacial score (nSPS) is 12.0. The predicted molar refractivity (Wildman–Crippen MR) is 77.0 cm³/mol. The molecule has 0 spiro atoms. The summed E-state index contributed by atoms with van der Waals surface area (Å²) in [4.78, 5) is 24.3. The smallest absolute Gasteiger partial charge is 0.308 e. The SMILES string of the molecule is Cc1cc(Br)ccc1CC(=O)N(C)CC(C)C(=O)O. The summed E-state index contributed by atoms with van der Waals surface area (Å²) in [5.74, 6) is -1.52. The van der Waals surface area contributed by atoms with Crippen molar-refractivity contribution in [2.75, 3.05) is 13.6 Å². The lowest BCUT2D eigenvalue weighted by Gasteiger charge is -2.20. The summed E-state index contributed by atoms with van der Waals surface area (Å²) >= 11 is 3.38. The molecule has 1 rings (SSSR count). The molecule has 0 fully saturated rings. The van der Waals surface area contributed by atoms with Crippen LogP contribution in [-0.2, 0) is 16.0 Å². The van der Waals surface area contributed by atoms with E-state index in [0.717, 1.165) is 15.6 Å². The lowest BCUT2D eigenvalue weighted by atomic mass is 10.0. The molecule has 1 unspecified atom stereocenters. The Morgan fingerprint density at radius 2 is 2.05 bits per heavy atom. The van der Waals surface area contributed by atoms with Crippen LogP contribution in [0.4, 0.5) is 0 Å². The standard InChI is InChI=1S/C14H18BrNO3/c1-9-6-12(15)5-4-11(9)7-13(17)16(3)8-10(2)14(18)19/h4-6,10H,7-8H2,1-3H3,(H,18,19). The second-order valence-electron chi connectivity index (χ2n) is 4.76. The van der Waals surface area contributed by atoms with Crippen LogP contribution >= 0.6 is 15.9 Å². The van der Waals surface area contributed by atoms with Crippen molar-refractivity contribution in [3.63, 3.8) is 0 Å². The van der Waals surface area contributed by atoms with Crippen molar-refractivity contribution in [1.82, 2.24) is 4.90 Å². The number of carbonyl (C=O) groups excluding carboxylic acids is 1. The monoisotopic (exact) mass is 327 g/mol. The van der Waals surface area contributed by atoms with Gasteiger partial charge in [0.2, 0.25) is 5.91 Å². The molecule has 0 radical (unpaired) electrons. The van der Waals surface area contributed by atoms with Crippen LogP contribution in [0.5, 0.6) is 0 Å². The maximum absolute atomic E-state index is 12.0. The molecule has 1 atom stereocenters. The molecule has 5 heteroatoms. The van der Waals surface area contributed by atoms with Gasteiger partial charge in [0, 0.05) is 18.1 Å². The van der Waals surface area contributed by atoms with Crippen LogP contribution < -0.4 is 0 Å². The molecule has 0 heterocycles. The number of amides is 1. The Morgan fingerprint density at radius 1 is 1.42 bits per heavy atom. The van der Waals surface area contributed by atoms with E-state index in [1.54, 1.807) is 14.0 Å². The molecule has 4 nitrogen and oxygen atoms in total. The minimum absolute atomic E-state index is 0.0708. The summed E-state index contributed by atoms with van der Waals surface area (Å²) in [6.45, 7) is 3.77. The van der Waals surface area contributed by atoms with Crippen LogP contribution in [0, 0.1) is 12.8 Å². The molecule has 104 valence electrons. The highest BCUT2D eigenvalue weighted by Crippen LogP contribution is 2.17. The average Bonchev–Trinajstić information content (AvgIpc) is 2.32. The highest BCUT2D eigenvalue weighted by atomic mass is 79.9. The van der Waals surface area contributed by atoms with E-state index in [1.165, 1.54) is 4.90 Å². The Balaban J connectivity index is 2.66. The summed E-state index contributed by atoms with van der Waals surface area (Å²) in [5, 5.41) is 8.83. The fourth-order valence-electron chi connectivity index (χ4n) is 1.75. The Kier molecular flexibility index (Phi) is 5.54. The molecule has 1 N–H and O–H groups in total. The third kappa shape index (κ3) is 4.67. The quantitative estimate of drug-likeness (QED) is 0.903. The van der Waals surface area contributed by atoms with E-state index in [0.29, 0.717) is 6.42 Å². The highest BCUT2D eigenvalue weighted by molar-refractivity contribution is 9.10. The number of rotatable bonds is 5. The molecular weight excluding hydrogens is 310 g/mol. The number of benzene rings is 1. The molecule has 1 amide bonds. The molecule has 19 heavy (non-hydrogen) atoms. The zero-order chi connectivity index (χ0) is 14.6. The average molecular weight is 328 g/mol. The second kappa shape index (κ2) is 6.70. The summed E-state index contributed by atoms with van der Waals surface area (Å²) in [5.41, 5.74) is 2.01. The first-order valence-electron chi connectivity index (χ1n) is 6.03. The van der Waals surface area contributed by atoms with E-state index in [1.807, 2.05) is 25.1 Å². The number of hydrogen-bond acceptors (Lipinski definition) is 2. The summed E-state index contributed by atoms with van der Waals surface area (Å²) in [7, 11) is 1.63. The number of likely N-dealkylation sites (N-methyl/N-ethyl adjacent to an activating group) is 1. The number of aryl methyl sites for hydroxylation is 1. The molecule has 1 aromatic carbocycles. The molecule has 0 aliphatic carbocycles. The molecule has 0 aliphatic heterocycles. The van der Waals surface area contributed by atoms with Gasteiger partial charge in [0.05, 0.1) is 12.3 Å². The Labute approximate surface area is 121 Å². The lowest BCUT2D eigenvalue weighted by molar-refractivity contribution is -0.142. The highest BCUT2D eigenvalue weighted by Gasteiger charge is 2.17. The number of hydrogen-bond donors (Lipinski definition) is 1. The molecule has 0 aliphatic rings. The van der Waals surface area contributed by atoms with Crippen LogP contribution in [0.1, 0.15) is 18.1 Å². The van der Waals surface area contributed by atoms with Gasteiger partial charge >= 0.3 is 5.97 Å². The van der Waals surface area contributed by atoms with Crippen LogP contribution in [0.3, 0.4) is 0 Å². The lowest BCUT2D eigenvalue weighted by Crippen LogP contribution is -2.34. The van der Waals surface area contributed by atoms with Crippen molar-refractivity contribution in [1.29, 1.82) is 0 Å². The van der Waals surface area contributed by atoms with Gasteiger partial charge < -0.3 is 10.0 Å². The topological polar surface area (TPSA) is 57.6 Å². The van der Waals surface area contributed by atoms with E-state index in [4.69, 9.17) is 5.11 Å². The predicted octanol–water partition coefficient (Wildman–Crippen LogP) is 2.48. The van der Waals surface area contributed by atoms with E-state index in [2.05, 4.69) is 15.9 Å². The Hall–Kier alpha value is -1.36. The fourth-order valence-corrected chi connectivity index (χ4v) is 2.22. The van der Waals surface area contributed by atoms with Crippen LogP contribution in [0.15, 0.2) is 22.7 Å². The van der Waals surface area contributed by atoms with Crippen molar-refractivity contribution in [2.24, 2.45) is 5.92 Å². The van der Waals surface area contributed by atoms with Crippen LogP contribution in [0.25, 0.3) is 0 Å². The summed E-state index contributed by atoms with van der Waals surface area (Å²) in [6, 6.07) is 5.77. The van der Waals surface area contributed by atoms with Crippen molar-refractivity contribution < 1.29 is 14.7 Å². The summed E-state index contributed by atoms with van der Waals surface area (Å²) < 4.78 is 0.981. The first-order chi connectivity index (χ1) is 8.81. The van der Waals surface area contributed by atoms with Gasteiger partial charge in [0.25, 0.3) is 0 Å². The number of carbonyl (C=O) groups is 2. The van der Waals surface area contributed by atoms with Gasteiger partial charge in [-0.2, -0.15) is 0 Å². The molecule has 0 saturated heterocycles. The third-order valence-electron chi connectivity index (χ3n) is 3.04. The molecule has 0 aromatic heterocycles. The third-order valence-corrected chi connectivity index (χ3v) is 3.53. The minimum Gasteiger partial charge on any atom is -0.481 e. The van der Waals surface area contributed by atoms with Gasteiger partial charge in [0.15, 0.2) is 0 Å². The summed E-state index contributed by atoms with van der Waals surface area (Å²) in [6.07, 6.45) is 0.294. The van der Waals surface area contributed by atoms with Gasteiger partial charge in [-0.15, -0.1) is 0 Å². The van der Waals surface area contributed by atoms with Crippen molar-refractivity contribution in [2.45, 2.75) is 20.3 Å².